The van der Waals surface area contributed by atoms with Crippen LogP contribution in [-0.4, -0.2) is 4.57 Å². The van der Waals surface area contributed by atoms with E-state index in [-0.39, 0.29) is 5.41 Å². The number of benzene rings is 7. The molecule has 8 aromatic rings. The molecule has 0 bridgehead atoms. The molecule has 0 spiro atoms. The van der Waals surface area contributed by atoms with Crippen molar-refractivity contribution < 1.29 is 0 Å². The van der Waals surface area contributed by atoms with Gasteiger partial charge in [0.2, 0.25) is 0 Å². The molecule has 1 aromatic heterocycles. The zero-order chi connectivity index (χ0) is 28.2. The van der Waals surface area contributed by atoms with Crippen LogP contribution < -0.4 is 0 Å². The lowest BCUT2D eigenvalue weighted by atomic mass is 9.78. The van der Waals surface area contributed by atoms with Crippen LogP contribution in [0.25, 0.3) is 77.0 Å². The maximum absolute atomic E-state index is 3.99. The fourth-order valence-electron chi connectivity index (χ4n) is 7.95. The van der Waals surface area contributed by atoms with Crippen molar-refractivity contribution in [2.75, 3.05) is 0 Å². The topological polar surface area (TPSA) is 4.93 Å². The molecule has 7 aromatic carbocycles. The van der Waals surface area contributed by atoms with Gasteiger partial charge in [-0.15, -0.1) is 0 Å². The quantitative estimate of drug-likeness (QED) is 0.194. The minimum absolute atomic E-state index is 0.108. The lowest BCUT2D eigenvalue weighted by Crippen LogP contribution is -2.15. The van der Waals surface area contributed by atoms with Gasteiger partial charge in [0.1, 0.15) is 0 Å². The molecule has 0 saturated carbocycles. The molecule has 9 rings (SSSR count). The van der Waals surface area contributed by atoms with Gasteiger partial charge in [-0.25, -0.2) is 0 Å². The van der Waals surface area contributed by atoms with E-state index in [0.29, 0.717) is 0 Å². The number of hydrogen-bond donors (Lipinski definition) is 0. The highest BCUT2D eigenvalue weighted by Crippen LogP contribution is 2.57. The summed E-state index contributed by atoms with van der Waals surface area (Å²) in [6, 6.07) is 44.9. The Morgan fingerprint density at radius 1 is 0.571 bits per heavy atom. The Bertz CT molecular complexity index is 2430. The van der Waals surface area contributed by atoms with Crippen molar-refractivity contribution in [2.45, 2.75) is 19.3 Å². The summed E-state index contributed by atoms with van der Waals surface area (Å²) in [7, 11) is 0. The maximum Gasteiger partial charge on any atom is 0.0632 e. The summed E-state index contributed by atoms with van der Waals surface area (Å²) in [6.07, 6.45) is 1.91. The number of para-hydroxylation sites is 1. The summed E-state index contributed by atoms with van der Waals surface area (Å²) < 4.78 is 2.50. The normalized spacial score (nSPS) is 13.8. The van der Waals surface area contributed by atoms with Crippen LogP contribution in [-0.2, 0) is 5.41 Å². The van der Waals surface area contributed by atoms with Crippen molar-refractivity contribution in [3.8, 4) is 16.8 Å². The molecule has 0 unspecified atom stereocenters. The van der Waals surface area contributed by atoms with Gasteiger partial charge in [-0.2, -0.15) is 0 Å². The third-order valence-electron chi connectivity index (χ3n) is 9.67. The second-order valence-corrected chi connectivity index (χ2v) is 12.1. The average Bonchev–Trinajstić information content (AvgIpc) is 3.51. The van der Waals surface area contributed by atoms with Crippen LogP contribution in [0.2, 0.25) is 0 Å². The molecule has 0 atom stereocenters. The molecule has 0 aliphatic heterocycles. The molecule has 1 aliphatic rings. The van der Waals surface area contributed by atoms with Gasteiger partial charge in [0.15, 0.2) is 0 Å². The lowest BCUT2D eigenvalue weighted by molar-refractivity contribution is 0.666. The van der Waals surface area contributed by atoms with Gasteiger partial charge in [-0.3, -0.25) is 0 Å². The van der Waals surface area contributed by atoms with E-state index in [0.717, 1.165) is 11.3 Å². The van der Waals surface area contributed by atoms with E-state index in [2.05, 4.69) is 146 Å². The predicted octanol–water partition coefficient (Wildman–Crippen LogP) is 11.2. The first kappa shape index (κ1) is 23.6. The molecule has 1 aliphatic carbocycles. The van der Waals surface area contributed by atoms with Crippen LogP contribution in [0.3, 0.4) is 0 Å². The lowest BCUT2D eigenvalue weighted by Gasteiger charge is -2.25. The molecule has 42 heavy (non-hydrogen) atoms. The zero-order valence-corrected chi connectivity index (χ0v) is 23.8. The van der Waals surface area contributed by atoms with Crippen molar-refractivity contribution >= 4 is 60.2 Å². The summed E-state index contributed by atoms with van der Waals surface area (Å²) in [5, 5.41) is 10.6. The monoisotopic (exact) mass is 535 g/mol. The van der Waals surface area contributed by atoms with E-state index in [4.69, 9.17) is 0 Å². The summed E-state index contributed by atoms with van der Waals surface area (Å²) in [5.41, 5.74) is 10.3. The van der Waals surface area contributed by atoms with Crippen molar-refractivity contribution in [2.24, 2.45) is 0 Å². The number of fused-ring (bicyclic) bond motifs is 15. The highest BCUT2D eigenvalue weighted by molar-refractivity contribution is 6.39. The first-order valence-corrected chi connectivity index (χ1v) is 14.7. The molecule has 198 valence electrons. The van der Waals surface area contributed by atoms with Crippen molar-refractivity contribution in [1.82, 2.24) is 4.57 Å². The van der Waals surface area contributed by atoms with Crippen LogP contribution >= 0.6 is 0 Å². The van der Waals surface area contributed by atoms with Crippen LogP contribution in [0.1, 0.15) is 30.5 Å². The highest BCUT2D eigenvalue weighted by Gasteiger charge is 2.39. The molecule has 0 amide bonds. The molecular formula is C41H29N. The first-order valence-electron chi connectivity index (χ1n) is 14.7. The third-order valence-corrected chi connectivity index (χ3v) is 9.67. The second-order valence-electron chi connectivity index (χ2n) is 12.1. The van der Waals surface area contributed by atoms with Crippen LogP contribution in [0.15, 0.2) is 128 Å². The minimum atomic E-state index is -0.108. The summed E-state index contributed by atoms with van der Waals surface area (Å²) in [4.78, 5) is 0. The number of nitrogens with zero attached hydrogens (tertiary/aromatic N) is 1. The van der Waals surface area contributed by atoms with Gasteiger partial charge in [0.05, 0.1) is 11.0 Å². The second kappa shape index (κ2) is 8.21. The van der Waals surface area contributed by atoms with Crippen molar-refractivity contribution in [1.29, 1.82) is 0 Å². The maximum atomic E-state index is 3.99. The largest absolute Gasteiger partial charge is 0.309 e. The van der Waals surface area contributed by atoms with E-state index in [1.165, 1.54) is 76.4 Å². The van der Waals surface area contributed by atoms with E-state index in [9.17, 15) is 0 Å². The highest BCUT2D eigenvalue weighted by atomic mass is 15.0. The van der Waals surface area contributed by atoms with Gasteiger partial charge in [-0.1, -0.05) is 130 Å². The molecule has 0 radical (unpaired) electrons. The minimum Gasteiger partial charge on any atom is -0.309 e. The summed E-state index contributed by atoms with van der Waals surface area (Å²) in [6.45, 7) is 8.78. The Kier molecular flexibility index (Phi) is 4.60. The predicted molar refractivity (Wildman–Crippen MR) is 181 cm³/mol. The Morgan fingerprint density at radius 3 is 1.86 bits per heavy atom. The molecule has 1 heteroatoms. The molecule has 0 N–H and O–H groups in total. The third kappa shape index (κ3) is 2.83. The van der Waals surface area contributed by atoms with Crippen LogP contribution in [0.5, 0.6) is 0 Å². The fraction of sp³-hybridized carbons (Fsp3) is 0.0732. The van der Waals surface area contributed by atoms with E-state index in [1.54, 1.807) is 0 Å². The molecule has 0 fully saturated rings. The van der Waals surface area contributed by atoms with Crippen LogP contribution in [0, 0.1) is 0 Å². The molecule has 1 nitrogen and oxygen atoms in total. The smallest absolute Gasteiger partial charge is 0.0632 e. The van der Waals surface area contributed by atoms with Crippen molar-refractivity contribution in [3.63, 3.8) is 0 Å². The van der Waals surface area contributed by atoms with Crippen LogP contribution in [0.4, 0.5) is 0 Å². The van der Waals surface area contributed by atoms with Gasteiger partial charge < -0.3 is 4.57 Å². The van der Waals surface area contributed by atoms with E-state index < -0.39 is 0 Å². The van der Waals surface area contributed by atoms with Gasteiger partial charge in [-0.05, 0) is 67.6 Å². The summed E-state index contributed by atoms with van der Waals surface area (Å²) >= 11 is 0. The standard InChI is InChI=1S/C41H29N/c1-4-25-21-23-26(24-22-25)42-34-20-12-10-18-32(34)35-27-13-5-6-14-28(27)36-37-31-17-9-11-19-33(31)41(2,3)39(37)30-16-8-7-15-29(30)38(36)40(35)42/h4-24H,1H2,2-3H3. The fourth-order valence-corrected chi connectivity index (χ4v) is 7.95. The molecule has 0 saturated heterocycles. The van der Waals surface area contributed by atoms with E-state index >= 15 is 0 Å². The Labute approximate surface area is 245 Å². The Balaban J connectivity index is 1.66. The molecule has 1 heterocycles. The molecular weight excluding hydrogens is 506 g/mol. The number of rotatable bonds is 2. The number of aromatic nitrogens is 1. The SMILES string of the molecule is C=Cc1ccc(-n2c3ccccc3c3c4ccccc4c4c5c(c6ccccc6c4c32)C(C)(C)c2ccccc2-5)cc1. The van der Waals surface area contributed by atoms with E-state index in [1.807, 2.05) is 6.08 Å². The zero-order valence-electron chi connectivity index (χ0n) is 23.8. The Morgan fingerprint density at radius 2 is 1.14 bits per heavy atom. The van der Waals surface area contributed by atoms with Gasteiger partial charge >= 0.3 is 0 Å². The Hall–Kier alpha value is -5.14. The average molecular weight is 536 g/mol. The van der Waals surface area contributed by atoms with Gasteiger partial charge in [0.25, 0.3) is 0 Å². The summed E-state index contributed by atoms with van der Waals surface area (Å²) in [5.74, 6) is 0. The number of hydrogen-bond acceptors (Lipinski definition) is 0. The van der Waals surface area contributed by atoms with Crippen molar-refractivity contribution in [3.05, 3.63) is 145 Å². The first-order chi connectivity index (χ1) is 20.6. The van der Waals surface area contributed by atoms with Gasteiger partial charge in [0, 0.05) is 32.6 Å².